The van der Waals surface area contributed by atoms with E-state index in [0.29, 0.717) is 27.5 Å². The number of nitrogens with one attached hydrogen (secondary N) is 2. The van der Waals surface area contributed by atoms with Crippen LogP contribution in [-0.2, 0) is 11.4 Å². The largest absolute Gasteiger partial charge is 0.493 e. The van der Waals surface area contributed by atoms with Crippen LogP contribution in [-0.4, -0.2) is 23.1 Å². The molecule has 0 bridgehead atoms. The third kappa shape index (κ3) is 4.26. The first kappa shape index (κ1) is 18.5. The van der Waals surface area contributed by atoms with Crippen LogP contribution in [0, 0.1) is 15.5 Å². The summed E-state index contributed by atoms with van der Waals surface area (Å²) in [5.74, 6) is 0.538. The summed E-state index contributed by atoms with van der Waals surface area (Å²) in [6.07, 6.45) is 1.65. The molecule has 3 rings (SSSR count). The number of nitro benzene ring substituents is 1. The van der Waals surface area contributed by atoms with Crippen LogP contribution >= 0.6 is 11.8 Å². The Morgan fingerprint density at radius 2 is 2.04 bits per heavy atom. The monoisotopic (exact) mass is 385 g/mol. The number of rotatable bonds is 6. The molecule has 1 aliphatic heterocycles. The van der Waals surface area contributed by atoms with Crippen LogP contribution in [0.25, 0.3) is 6.08 Å². The van der Waals surface area contributed by atoms with Gasteiger partial charge in [-0.05, 0) is 41.6 Å². The number of hydrogen-bond acceptors (Lipinski definition) is 7. The topological polar surface area (TPSA) is 115 Å². The molecule has 0 unspecified atom stereocenters. The SMILES string of the molecule is COc1cc(C=C2SC(=N)NC2=O)ccc1OCc1ccccc1[N+](=O)[O-]. The van der Waals surface area contributed by atoms with Crippen molar-refractivity contribution in [3.63, 3.8) is 0 Å². The minimum Gasteiger partial charge on any atom is -0.493 e. The molecule has 1 aliphatic rings. The first-order valence-corrected chi connectivity index (χ1v) is 8.62. The van der Waals surface area contributed by atoms with Crippen molar-refractivity contribution >= 4 is 34.6 Å². The number of methoxy groups -OCH3 is 1. The van der Waals surface area contributed by atoms with E-state index in [2.05, 4.69) is 5.32 Å². The fraction of sp³-hybridized carbons (Fsp3) is 0.111. The van der Waals surface area contributed by atoms with E-state index >= 15 is 0 Å². The van der Waals surface area contributed by atoms with Crippen molar-refractivity contribution in [2.24, 2.45) is 0 Å². The molecule has 2 aromatic carbocycles. The molecule has 0 aromatic heterocycles. The summed E-state index contributed by atoms with van der Waals surface area (Å²) in [6, 6.07) is 11.5. The van der Waals surface area contributed by atoms with Crippen LogP contribution in [0.4, 0.5) is 5.69 Å². The van der Waals surface area contributed by atoms with Crippen molar-refractivity contribution in [3.05, 3.63) is 68.6 Å². The highest BCUT2D eigenvalue weighted by molar-refractivity contribution is 8.18. The van der Waals surface area contributed by atoms with Crippen LogP contribution < -0.4 is 14.8 Å². The molecule has 0 saturated carbocycles. The fourth-order valence-corrected chi connectivity index (χ4v) is 3.15. The van der Waals surface area contributed by atoms with Gasteiger partial charge in [0.25, 0.3) is 11.6 Å². The lowest BCUT2D eigenvalue weighted by Gasteiger charge is -2.11. The summed E-state index contributed by atoms with van der Waals surface area (Å²) >= 11 is 1.05. The summed E-state index contributed by atoms with van der Waals surface area (Å²) in [5, 5.41) is 21.0. The van der Waals surface area contributed by atoms with Gasteiger partial charge in [-0.2, -0.15) is 0 Å². The van der Waals surface area contributed by atoms with E-state index in [0.717, 1.165) is 11.8 Å². The average Bonchev–Trinajstić information content (AvgIpc) is 2.97. The zero-order valence-corrected chi connectivity index (χ0v) is 15.0. The van der Waals surface area contributed by atoms with Crippen LogP contribution in [0.3, 0.4) is 0 Å². The molecule has 138 valence electrons. The van der Waals surface area contributed by atoms with Gasteiger partial charge in [0.15, 0.2) is 16.7 Å². The number of thioether (sulfide) groups is 1. The molecule has 1 heterocycles. The van der Waals surface area contributed by atoms with Crippen LogP contribution in [0.2, 0.25) is 0 Å². The molecule has 0 radical (unpaired) electrons. The average molecular weight is 385 g/mol. The second kappa shape index (κ2) is 7.92. The van der Waals surface area contributed by atoms with Crippen molar-refractivity contribution in [1.82, 2.24) is 5.32 Å². The van der Waals surface area contributed by atoms with E-state index < -0.39 is 4.92 Å². The molecular weight excluding hydrogens is 370 g/mol. The highest BCUT2D eigenvalue weighted by Gasteiger charge is 2.22. The molecule has 1 amide bonds. The Labute approximate surface area is 158 Å². The Kier molecular flexibility index (Phi) is 5.41. The van der Waals surface area contributed by atoms with Gasteiger partial charge in [0, 0.05) is 6.07 Å². The smallest absolute Gasteiger partial charge is 0.276 e. The van der Waals surface area contributed by atoms with E-state index in [1.165, 1.54) is 13.2 Å². The van der Waals surface area contributed by atoms with E-state index in [1.54, 1.807) is 42.5 Å². The maximum absolute atomic E-state index is 11.7. The van der Waals surface area contributed by atoms with Crippen molar-refractivity contribution in [1.29, 1.82) is 5.41 Å². The quantitative estimate of drug-likeness (QED) is 0.448. The Morgan fingerprint density at radius 3 is 2.70 bits per heavy atom. The van der Waals surface area contributed by atoms with Gasteiger partial charge in [-0.15, -0.1) is 0 Å². The summed E-state index contributed by atoms with van der Waals surface area (Å²) in [6.45, 7) is 0.0172. The summed E-state index contributed by atoms with van der Waals surface area (Å²) < 4.78 is 11.0. The predicted octanol–water partition coefficient (Wildman–Crippen LogP) is 3.32. The number of benzene rings is 2. The van der Waals surface area contributed by atoms with E-state index in [1.807, 2.05) is 0 Å². The normalized spacial score (nSPS) is 14.9. The third-order valence-corrected chi connectivity index (χ3v) is 4.55. The third-order valence-electron chi connectivity index (χ3n) is 3.72. The van der Waals surface area contributed by atoms with Gasteiger partial charge in [-0.25, -0.2) is 0 Å². The first-order chi connectivity index (χ1) is 13.0. The summed E-state index contributed by atoms with van der Waals surface area (Å²) in [5.41, 5.74) is 1.15. The molecule has 0 atom stereocenters. The van der Waals surface area contributed by atoms with E-state index in [-0.39, 0.29) is 23.4 Å². The molecule has 0 spiro atoms. The summed E-state index contributed by atoms with van der Waals surface area (Å²) in [7, 11) is 1.48. The van der Waals surface area contributed by atoms with Crippen LogP contribution in [0.15, 0.2) is 47.4 Å². The molecular formula is C18H15N3O5S. The van der Waals surface area contributed by atoms with E-state index in [4.69, 9.17) is 14.9 Å². The number of carbonyl (C=O) groups excluding carboxylic acids is 1. The number of ether oxygens (including phenoxy) is 2. The van der Waals surface area contributed by atoms with Crippen molar-refractivity contribution < 1.29 is 19.2 Å². The maximum Gasteiger partial charge on any atom is 0.276 e. The molecule has 27 heavy (non-hydrogen) atoms. The second-order valence-electron chi connectivity index (χ2n) is 5.48. The summed E-state index contributed by atoms with van der Waals surface area (Å²) in [4.78, 5) is 22.8. The zero-order valence-electron chi connectivity index (χ0n) is 14.2. The lowest BCUT2D eigenvalue weighted by atomic mass is 10.1. The Balaban J connectivity index is 1.79. The predicted molar refractivity (Wildman–Crippen MR) is 102 cm³/mol. The van der Waals surface area contributed by atoms with Gasteiger partial charge in [0.05, 0.1) is 22.5 Å². The number of nitrogens with zero attached hydrogens (tertiary/aromatic N) is 1. The van der Waals surface area contributed by atoms with Gasteiger partial charge >= 0.3 is 0 Å². The second-order valence-corrected chi connectivity index (χ2v) is 6.53. The van der Waals surface area contributed by atoms with Crippen molar-refractivity contribution in [2.45, 2.75) is 6.61 Å². The number of hydrogen-bond donors (Lipinski definition) is 2. The highest BCUT2D eigenvalue weighted by Crippen LogP contribution is 2.32. The number of carbonyl (C=O) groups is 1. The number of amides is 1. The zero-order chi connectivity index (χ0) is 19.4. The molecule has 2 N–H and O–H groups in total. The molecule has 8 nitrogen and oxygen atoms in total. The number of nitro groups is 1. The molecule has 2 aromatic rings. The Hall–Kier alpha value is -3.33. The molecule has 9 heteroatoms. The van der Waals surface area contributed by atoms with Gasteiger partial charge in [-0.1, -0.05) is 18.2 Å². The highest BCUT2D eigenvalue weighted by atomic mass is 32.2. The van der Waals surface area contributed by atoms with Gasteiger partial charge in [0.2, 0.25) is 0 Å². The Bertz CT molecular complexity index is 958. The lowest BCUT2D eigenvalue weighted by Crippen LogP contribution is -2.18. The minimum atomic E-state index is -0.451. The lowest BCUT2D eigenvalue weighted by molar-refractivity contribution is -0.385. The van der Waals surface area contributed by atoms with Gasteiger partial charge in [0.1, 0.15) is 6.61 Å². The molecule has 0 aliphatic carbocycles. The maximum atomic E-state index is 11.7. The molecule has 1 saturated heterocycles. The van der Waals surface area contributed by atoms with Crippen LogP contribution in [0.5, 0.6) is 11.5 Å². The molecule has 1 fully saturated rings. The van der Waals surface area contributed by atoms with Crippen molar-refractivity contribution in [2.75, 3.05) is 7.11 Å². The minimum absolute atomic E-state index is 0.00969. The fourth-order valence-electron chi connectivity index (χ4n) is 2.45. The van der Waals surface area contributed by atoms with Crippen molar-refractivity contribution in [3.8, 4) is 11.5 Å². The van der Waals surface area contributed by atoms with E-state index in [9.17, 15) is 14.9 Å². The van der Waals surface area contributed by atoms with Gasteiger partial charge < -0.3 is 14.8 Å². The van der Waals surface area contributed by atoms with Crippen LogP contribution in [0.1, 0.15) is 11.1 Å². The number of amidine groups is 1. The van der Waals surface area contributed by atoms with Gasteiger partial charge in [-0.3, -0.25) is 20.3 Å². The Morgan fingerprint density at radius 1 is 1.26 bits per heavy atom. The first-order valence-electron chi connectivity index (χ1n) is 7.80. The standard InChI is InChI=1S/C18H15N3O5S/c1-25-15-8-11(9-16-17(22)20-18(19)27-16)6-7-14(15)26-10-12-4-2-3-5-13(12)21(23)24/h2-9H,10H2,1H3,(H2,19,20,22). The number of para-hydroxylation sites is 1.